The Morgan fingerprint density at radius 2 is 1.64 bits per heavy atom. The maximum absolute atomic E-state index is 2.75. The van der Waals surface area contributed by atoms with Gasteiger partial charge >= 0.3 is 0 Å². The molecule has 3 rings (SSSR count). The standard InChI is InChI=1S/C19H37N3/c1-16(2)21-11-8-19(15-21)13-20(14-19)12-17-6-9-22(10-7-17)18(3,4)5/h16-17H,6-15H2,1-5H3. The third-order valence-corrected chi connectivity index (χ3v) is 6.40. The van der Waals surface area contributed by atoms with Crippen molar-refractivity contribution in [2.45, 2.75) is 65.5 Å². The highest BCUT2D eigenvalue weighted by atomic mass is 15.3. The fourth-order valence-corrected chi connectivity index (χ4v) is 4.85. The van der Waals surface area contributed by atoms with Crippen molar-refractivity contribution in [3.63, 3.8) is 0 Å². The Bertz CT molecular complexity index is 371. The number of likely N-dealkylation sites (tertiary alicyclic amines) is 3. The second kappa shape index (κ2) is 6.07. The van der Waals surface area contributed by atoms with E-state index in [4.69, 9.17) is 0 Å². The van der Waals surface area contributed by atoms with E-state index < -0.39 is 0 Å². The van der Waals surface area contributed by atoms with Gasteiger partial charge in [0.15, 0.2) is 0 Å². The van der Waals surface area contributed by atoms with Gasteiger partial charge in [0.25, 0.3) is 0 Å². The number of hydrogen-bond acceptors (Lipinski definition) is 3. The molecule has 3 fully saturated rings. The fraction of sp³-hybridized carbons (Fsp3) is 1.00. The molecule has 0 aromatic heterocycles. The van der Waals surface area contributed by atoms with E-state index in [-0.39, 0.29) is 0 Å². The third-order valence-electron chi connectivity index (χ3n) is 6.40. The molecule has 1 spiro atoms. The quantitative estimate of drug-likeness (QED) is 0.794. The summed E-state index contributed by atoms with van der Waals surface area (Å²) in [6.45, 7) is 21.1. The predicted molar refractivity (Wildman–Crippen MR) is 94.2 cm³/mol. The van der Waals surface area contributed by atoms with E-state index >= 15 is 0 Å². The molecule has 0 saturated carbocycles. The zero-order chi connectivity index (χ0) is 16.0. The summed E-state index contributed by atoms with van der Waals surface area (Å²) in [6, 6.07) is 0.732. The first kappa shape index (κ1) is 16.7. The highest BCUT2D eigenvalue weighted by molar-refractivity contribution is 5.02. The molecule has 0 amide bonds. The summed E-state index contributed by atoms with van der Waals surface area (Å²) in [6.07, 6.45) is 4.24. The summed E-state index contributed by atoms with van der Waals surface area (Å²) in [5.41, 5.74) is 1.02. The van der Waals surface area contributed by atoms with Crippen LogP contribution in [0.25, 0.3) is 0 Å². The molecule has 22 heavy (non-hydrogen) atoms. The number of rotatable bonds is 3. The van der Waals surface area contributed by atoms with Crippen molar-refractivity contribution in [2.24, 2.45) is 11.3 Å². The molecular formula is C19H37N3. The Kier molecular flexibility index (Phi) is 4.61. The monoisotopic (exact) mass is 307 g/mol. The predicted octanol–water partition coefficient (Wildman–Crippen LogP) is 2.91. The van der Waals surface area contributed by atoms with Gasteiger partial charge < -0.3 is 9.80 Å². The van der Waals surface area contributed by atoms with Crippen molar-refractivity contribution in [3.05, 3.63) is 0 Å². The fourth-order valence-electron chi connectivity index (χ4n) is 4.85. The van der Waals surface area contributed by atoms with Gasteiger partial charge in [-0.2, -0.15) is 0 Å². The highest BCUT2D eigenvalue weighted by Crippen LogP contribution is 2.41. The van der Waals surface area contributed by atoms with E-state index in [1.165, 1.54) is 65.1 Å². The largest absolute Gasteiger partial charge is 0.302 e. The lowest BCUT2D eigenvalue weighted by molar-refractivity contribution is -0.0158. The molecule has 0 atom stereocenters. The van der Waals surface area contributed by atoms with Crippen LogP contribution in [0.4, 0.5) is 0 Å². The van der Waals surface area contributed by atoms with Crippen molar-refractivity contribution < 1.29 is 0 Å². The molecule has 3 heteroatoms. The second-order valence-electron chi connectivity index (χ2n) is 9.59. The molecule has 0 aromatic carbocycles. The van der Waals surface area contributed by atoms with Crippen LogP contribution in [0.15, 0.2) is 0 Å². The Hall–Kier alpha value is -0.120. The molecule has 0 bridgehead atoms. The molecular weight excluding hydrogens is 270 g/mol. The van der Waals surface area contributed by atoms with Crippen LogP contribution >= 0.6 is 0 Å². The van der Waals surface area contributed by atoms with Gasteiger partial charge in [0.05, 0.1) is 0 Å². The summed E-state index contributed by atoms with van der Waals surface area (Å²) < 4.78 is 0. The summed E-state index contributed by atoms with van der Waals surface area (Å²) in [7, 11) is 0. The molecule has 128 valence electrons. The van der Waals surface area contributed by atoms with Gasteiger partial charge in [-0.25, -0.2) is 0 Å². The maximum atomic E-state index is 2.75. The van der Waals surface area contributed by atoms with Crippen molar-refractivity contribution >= 4 is 0 Å². The minimum atomic E-state index is 0.357. The van der Waals surface area contributed by atoms with Crippen LogP contribution in [0, 0.1) is 11.3 Å². The Labute approximate surface area is 138 Å². The Morgan fingerprint density at radius 3 is 2.14 bits per heavy atom. The van der Waals surface area contributed by atoms with E-state index in [1.54, 1.807) is 0 Å². The topological polar surface area (TPSA) is 9.72 Å². The van der Waals surface area contributed by atoms with Crippen LogP contribution in [-0.2, 0) is 0 Å². The van der Waals surface area contributed by atoms with Crippen LogP contribution in [-0.4, -0.2) is 72.1 Å². The molecule has 0 radical (unpaired) electrons. The van der Waals surface area contributed by atoms with Crippen LogP contribution in [0.2, 0.25) is 0 Å². The lowest BCUT2D eigenvalue weighted by atomic mass is 9.78. The minimum absolute atomic E-state index is 0.357. The van der Waals surface area contributed by atoms with E-state index in [9.17, 15) is 0 Å². The lowest BCUT2D eigenvalue weighted by Gasteiger charge is -2.50. The lowest BCUT2D eigenvalue weighted by Crippen LogP contribution is -2.59. The Morgan fingerprint density at radius 1 is 1.00 bits per heavy atom. The zero-order valence-electron chi connectivity index (χ0n) is 15.6. The minimum Gasteiger partial charge on any atom is -0.302 e. The first-order valence-electron chi connectivity index (χ1n) is 9.49. The average molecular weight is 308 g/mol. The summed E-state index contributed by atoms with van der Waals surface area (Å²) in [5.74, 6) is 0.943. The SMILES string of the molecule is CC(C)N1CCC2(CN(CC3CCN(C(C)(C)C)CC3)C2)C1. The highest BCUT2D eigenvalue weighted by Gasteiger charge is 2.48. The summed E-state index contributed by atoms with van der Waals surface area (Å²) in [4.78, 5) is 8.10. The number of nitrogens with zero attached hydrogens (tertiary/aromatic N) is 3. The van der Waals surface area contributed by atoms with Gasteiger partial charge in [0.2, 0.25) is 0 Å². The van der Waals surface area contributed by atoms with Gasteiger partial charge in [0, 0.05) is 43.2 Å². The third kappa shape index (κ3) is 3.52. The molecule has 3 aliphatic rings. The average Bonchev–Trinajstić information content (AvgIpc) is 2.83. The van der Waals surface area contributed by atoms with Crippen molar-refractivity contribution in [1.82, 2.24) is 14.7 Å². The molecule has 3 nitrogen and oxygen atoms in total. The molecule has 0 aromatic rings. The van der Waals surface area contributed by atoms with Gasteiger partial charge in [0.1, 0.15) is 0 Å². The number of hydrogen-bond donors (Lipinski definition) is 0. The van der Waals surface area contributed by atoms with Gasteiger partial charge in [-0.3, -0.25) is 4.90 Å². The van der Waals surface area contributed by atoms with Gasteiger partial charge in [-0.1, -0.05) is 0 Å². The van der Waals surface area contributed by atoms with Crippen LogP contribution in [0.3, 0.4) is 0 Å². The smallest absolute Gasteiger partial charge is 0.0125 e. The van der Waals surface area contributed by atoms with E-state index in [0.29, 0.717) is 11.0 Å². The molecule has 3 heterocycles. The molecule has 0 N–H and O–H groups in total. The molecule has 0 aliphatic carbocycles. The normalized spacial score (nSPS) is 28.6. The first-order chi connectivity index (χ1) is 10.3. The van der Waals surface area contributed by atoms with Gasteiger partial charge in [-0.05, 0) is 79.4 Å². The zero-order valence-corrected chi connectivity index (χ0v) is 15.6. The Balaban J connectivity index is 1.39. The van der Waals surface area contributed by atoms with E-state index in [2.05, 4.69) is 49.3 Å². The van der Waals surface area contributed by atoms with E-state index in [0.717, 1.165) is 12.0 Å². The summed E-state index contributed by atoms with van der Waals surface area (Å²) >= 11 is 0. The van der Waals surface area contributed by atoms with Crippen molar-refractivity contribution in [2.75, 3.05) is 45.8 Å². The van der Waals surface area contributed by atoms with Crippen molar-refractivity contribution in [1.29, 1.82) is 0 Å². The maximum Gasteiger partial charge on any atom is 0.0125 e. The molecule has 0 unspecified atom stereocenters. The van der Waals surface area contributed by atoms with Gasteiger partial charge in [-0.15, -0.1) is 0 Å². The van der Waals surface area contributed by atoms with Crippen LogP contribution in [0.1, 0.15) is 53.9 Å². The first-order valence-corrected chi connectivity index (χ1v) is 9.49. The molecule has 3 aliphatic heterocycles. The number of piperidine rings is 1. The van der Waals surface area contributed by atoms with Crippen molar-refractivity contribution in [3.8, 4) is 0 Å². The molecule has 3 saturated heterocycles. The van der Waals surface area contributed by atoms with Crippen LogP contribution in [0.5, 0.6) is 0 Å². The summed E-state index contributed by atoms with van der Waals surface area (Å²) in [5, 5.41) is 0. The van der Waals surface area contributed by atoms with E-state index in [1.807, 2.05) is 0 Å². The second-order valence-corrected chi connectivity index (χ2v) is 9.59. The van der Waals surface area contributed by atoms with Crippen LogP contribution < -0.4 is 0 Å².